The number of imidazole rings is 1. The Labute approximate surface area is 223 Å². The lowest BCUT2D eigenvalue weighted by atomic mass is 10.0. The van der Waals surface area contributed by atoms with Crippen LogP contribution < -0.4 is 10.1 Å². The van der Waals surface area contributed by atoms with E-state index < -0.39 is 11.9 Å². The molecule has 0 saturated heterocycles. The van der Waals surface area contributed by atoms with Gasteiger partial charge in [0, 0.05) is 37.1 Å². The average Bonchev–Trinajstić information content (AvgIpc) is 3.60. The topological polar surface area (TPSA) is 74.7 Å². The monoisotopic (exact) mass is 547 g/mol. The molecule has 5 rings (SSSR count). The summed E-state index contributed by atoms with van der Waals surface area (Å²) in [5, 5.41) is 13.3. The number of anilines is 1. The zero-order valence-corrected chi connectivity index (χ0v) is 22.3. The summed E-state index contributed by atoms with van der Waals surface area (Å²) in [7, 11) is 1.50. The predicted molar refractivity (Wildman–Crippen MR) is 139 cm³/mol. The van der Waals surface area contributed by atoms with Crippen LogP contribution in [0.5, 0.6) is 5.75 Å². The Kier molecular flexibility index (Phi) is 6.89. The van der Waals surface area contributed by atoms with Gasteiger partial charge in [-0.25, -0.2) is 4.98 Å². The zero-order valence-electron chi connectivity index (χ0n) is 21.6. The Morgan fingerprint density at radius 2 is 2.03 bits per heavy atom. The Morgan fingerprint density at radius 1 is 1.24 bits per heavy atom. The van der Waals surface area contributed by atoms with Crippen LogP contribution in [0.3, 0.4) is 0 Å². The van der Waals surface area contributed by atoms with Crippen LogP contribution in [0, 0.1) is 0 Å². The maximum Gasteiger partial charge on any atom is 0.434 e. The third kappa shape index (κ3) is 4.75. The standard InChI is InChI=1S/C26H29ClF3N7O/c1-5-35-14-23(26(28,29)30)33-25(35)17-9-8-16(11-22(17)38-4)32-19-7-6-10-36-21(19)12-20(34-36)24-18(27)13-31-37(24)15(2)3/h8-9,11-15,19,32H,5-7,10H2,1-4H3. The van der Waals surface area contributed by atoms with Gasteiger partial charge in [0.15, 0.2) is 5.69 Å². The molecule has 3 aromatic heterocycles. The van der Waals surface area contributed by atoms with Crippen molar-refractivity contribution < 1.29 is 17.9 Å². The number of hydrogen-bond donors (Lipinski definition) is 1. The number of ether oxygens (including phenoxy) is 1. The number of hydrogen-bond acceptors (Lipinski definition) is 5. The summed E-state index contributed by atoms with van der Waals surface area (Å²) >= 11 is 6.47. The highest BCUT2D eigenvalue weighted by atomic mass is 35.5. The van der Waals surface area contributed by atoms with Crippen molar-refractivity contribution in [1.82, 2.24) is 29.1 Å². The number of nitrogens with zero attached hydrogens (tertiary/aromatic N) is 6. The molecule has 1 aromatic carbocycles. The zero-order chi connectivity index (χ0) is 27.2. The molecule has 12 heteroatoms. The predicted octanol–water partition coefficient (Wildman–Crippen LogP) is 6.84. The second-order valence-electron chi connectivity index (χ2n) is 9.54. The maximum absolute atomic E-state index is 13.3. The molecule has 0 spiro atoms. The lowest BCUT2D eigenvalue weighted by Crippen LogP contribution is -2.21. The summed E-state index contributed by atoms with van der Waals surface area (Å²) in [6.45, 7) is 7.00. The summed E-state index contributed by atoms with van der Waals surface area (Å²) < 4.78 is 50.8. The fourth-order valence-corrected chi connectivity index (χ4v) is 5.12. The first-order valence-corrected chi connectivity index (χ1v) is 12.9. The molecule has 0 aliphatic carbocycles. The minimum absolute atomic E-state index is 0.0239. The van der Waals surface area contributed by atoms with Gasteiger partial charge in [-0.05, 0) is 51.8 Å². The van der Waals surface area contributed by atoms with Crippen LogP contribution >= 0.6 is 11.6 Å². The molecule has 8 nitrogen and oxygen atoms in total. The third-order valence-corrected chi connectivity index (χ3v) is 6.98. The van der Waals surface area contributed by atoms with Crippen molar-refractivity contribution in [3.63, 3.8) is 0 Å². The number of aryl methyl sites for hydroxylation is 2. The molecule has 0 bridgehead atoms. The number of benzene rings is 1. The van der Waals surface area contributed by atoms with Crippen molar-refractivity contribution in [2.75, 3.05) is 12.4 Å². The van der Waals surface area contributed by atoms with Crippen molar-refractivity contribution in [2.45, 2.75) is 65.0 Å². The van der Waals surface area contributed by atoms with Crippen LogP contribution in [0.4, 0.5) is 18.9 Å². The smallest absolute Gasteiger partial charge is 0.434 e. The second-order valence-corrected chi connectivity index (χ2v) is 9.95. The third-order valence-electron chi connectivity index (χ3n) is 6.70. The molecule has 1 aliphatic rings. The number of halogens is 4. The van der Waals surface area contributed by atoms with Crippen molar-refractivity contribution in [2.24, 2.45) is 0 Å². The lowest BCUT2D eigenvalue weighted by molar-refractivity contribution is -0.140. The second kappa shape index (κ2) is 10.0. The number of rotatable bonds is 7. The van der Waals surface area contributed by atoms with Crippen LogP contribution in [0.25, 0.3) is 22.8 Å². The van der Waals surface area contributed by atoms with Crippen LogP contribution in [0.2, 0.25) is 5.02 Å². The first-order valence-electron chi connectivity index (χ1n) is 12.5. The van der Waals surface area contributed by atoms with Gasteiger partial charge in [-0.2, -0.15) is 23.4 Å². The molecule has 1 N–H and O–H groups in total. The largest absolute Gasteiger partial charge is 0.496 e. The molecule has 202 valence electrons. The Balaban J connectivity index is 1.45. The molecule has 0 radical (unpaired) electrons. The van der Waals surface area contributed by atoms with E-state index in [4.69, 9.17) is 21.4 Å². The average molecular weight is 548 g/mol. The quantitative estimate of drug-likeness (QED) is 0.274. The van der Waals surface area contributed by atoms with E-state index >= 15 is 0 Å². The van der Waals surface area contributed by atoms with Crippen LogP contribution in [0.1, 0.15) is 57.1 Å². The first-order chi connectivity index (χ1) is 18.1. The van der Waals surface area contributed by atoms with Gasteiger partial charge in [-0.15, -0.1) is 0 Å². The summed E-state index contributed by atoms with van der Waals surface area (Å²) in [5.74, 6) is 0.642. The fraction of sp³-hybridized carbons (Fsp3) is 0.423. The van der Waals surface area contributed by atoms with Crippen molar-refractivity contribution >= 4 is 17.3 Å². The fourth-order valence-electron chi connectivity index (χ4n) is 4.89. The molecule has 38 heavy (non-hydrogen) atoms. The lowest BCUT2D eigenvalue weighted by Gasteiger charge is -2.25. The van der Waals surface area contributed by atoms with E-state index in [9.17, 15) is 13.2 Å². The molecule has 0 amide bonds. The minimum Gasteiger partial charge on any atom is -0.496 e. The number of fused-ring (bicyclic) bond motifs is 1. The van der Waals surface area contributed by atoms with Gasteiger partial charge in [0.1, 0.15) is 23.0 Å². The Hall–Kier alpha value is -3.47. The number of nitrogens with one attached hydrogen (secondary N) is 1. The van der Waals surface area contributed by atoms with Gasteiger partial charge in [-0.3, -0.25) is 9.36 Å². The van der Waals surface area contributed by atoms with Gasteiger partial charge in [0.25, 0.3) is 0 Å². The molecular formula is C26H29ClF3N7O. The van der Waals surface area contributed by atoms with E-state index in [1.807, 2.05) is 35.3 Å². The summed E-state index contributed by atoms with van der Waals surface area (Å²) in [5.41, 5.74) is 2.93. The molecule has 0 saturated carbocycles. The van der Waals surface area contributed by atoms with Crippen LogP contribution in [-0.4, -0.2) is 36.2 Å². The van der Waals surface area contributed by atoms with Gasteiger partial charge in [-0.1, -0.05) is 11.6 Å². The summed E-state index contributed by atoms with van der Waals surface area (Å²) in [6.07, 6.45) is -0.0306. The van der Waals surface area contributed by atoms with Gasteiger partial charge >= 0.3 is 6.18 Å². The van der Waals surface area contributed by atoms with E-state index in [1.54, 1.807) is 25.3 Å². The Morgan fingerprint density at radius 3 is 2.71 bits per heavy atom. The molecular weight excluding hydrogens is 519 g/mol. The van der Waals surface area contributed by atoms with Gasteiger partial charge in [0.2, 0.25) is 0 Å². The van der Waals surface area contributed by atoms with E-state index in [1.165, 1.54) is 11.7 Å². The highest BCUT2D eigenvalue weighted by Gasteiger charge is 2.35. The van der Waals surface area contributed by atoms with E-state index in [0.717, 1.165) is 48.4 Å². The number of aromatic nitrogens is 6. The van der Waals surface area contributed by atoms with E-state index in [0.29, 0.717) is 22.9 Å². The van der Waals surface area contributed by atoms with Crippen LogP contribution in [-0.2, 0) is 19.3 Å². The summed E-state index contributed by atoms with van der Waals surface area (Å²) in [6, 6.07) is 7.51. The highest BCUT2D eigenvalue weighted by Crippen LogP contribution is 2.38. The molecule has 4 aromatic rings. The molecule has 1 atom stereocenters. The number of methoxy groups -OCH3 is 1. The first kappa shape index (κ1) is 26.1. The minimum atomic E-state index is -4.52. The van der Waals surface area contributed by atoms with Crippen LogP contribution in [0.15, 0.2) is 36.7 Å². The summed E-state index contributed by atoms with van der Waals surface area (Å²) in [4.78, 5) is 3.87. The molecule has 0 fully saturated rings. The normalized spacial score (nSPS) is 15.7. The Bertz CT molecular complexity index is 1450. The van der Waals surface area contributed by atoms with Crippen molar-refractivity contribution in [3.05, 3.63) is 53.1 Å². The van der Waals surface area contributed by atoms with Gasteiger partial charge in [0.05, 0.1) is 35.6 Å². The van der Waals surface area contributed by atoms with Crippen molar-refractivity contribution in [1.29, 1.82) is 0 Å². The molecule has 1 aliphatic heterocycles. The molecule has 1 unspecified atom stereocenters. The number of alkyl halides is 3. The maximum atomic E-state index is 13.3. The van der Waals surface area contributed by atoms with E-state index in [-0.39, 0.29) is 17.9 Å². The highest BCUT2D eigenvalue weighted by molar-refractivity contribution is 6.32. The SMILES string of the molecule is CCn1cc(C(F)(F)F)nc1-c1ccc(NC2CCCn3nc(-c4c(Cl)cnn4C(C)C)cc32)cc1OC. The van der Waals surface area contributed by atoms with E-state index in [2.05, 4.69) is 15.4 Å². The molecule has 4 heterocycles. The van der Waals surface area contributed by atoms with Crippen molar-refractivity contribution in [3.8, 4) is 28.5 Å². The van der Waals surface area contributed by atoms with Gasteiger partial charge < -0.3 is 14.6 Å².